The summed E-state index contributed by atoms with van der Waals surface area (Å²) in [6.45, 7) is 1.77. The van der Waals surface area contributed by atoms with Crippen molar-refractivity contribution in [1.29, 1.82) is 0 Å². The quantitative estimate of drug-likeness (QED) is 0.420. The number of nitrogens with zero attached hydrogens (tertiary/aromatic N) is 1. The first-order valence-corrected chi connectivity index (χ1v) is 13.2. The summed E-state index contributed by atoms with van der Waals surface area (Å²) in [7, 11) is 0. The minimum atomic E-state index is -4.99. The minimum Gasteiger partial charge on any atom is -0.373 e. The van der Waals surface area contributed by atoms with Gasteiger partial charge in [-0.3, -0.25) is 4.79 Å². The number of alkyl halides is 6. The van der Waals surface area contributed by atoms with Gasteiger partial charge < -0.3 is 19.5 Å². The van der Waals surface area contributed by atoms with Gasteiger partial charge in [0.2, 0.25) is 0 Å². The Balaban J connectivity index is 1.47. The third-order valence-electron chi connectivity index (χ3n) is 8.21. The van der Waals surface area contributed by atoms with E-state index in [0.717, 1.165) is 0 Å². The van der Waals surface area contributed by atoms with Crippen LogP contribution in [0.2, 0.25) is 0 Å². The molecule has 1 aliphatic carbocycles. The van der Waals surface area contributed by atoms with Gasteiger partial charge in [-0.15, -0.1) is 0 Å². The van der Waals surface area contributed by atoms with Crippen LogP contribution in [-0.2, 0) is 26.6 Å². The lowest BCUT2D eigenvalue weighted by atomic mass is 9.69. The second kappa shape index (κ2) is 11.0. The highest BCUT2D eigenvalue weighted by Gasteiger charge is 2.51. The molecule has 0 radical (unpaired) electrons. The lowest BCUT2D eigenvalue weighted by molar-refractivity contribution is -0.143. The van der Waals surface area contributed by atoms with Crippen molar-refractivity contribution in [3.63, 3.8) is 0 Å². The third kappa shape index (κ3) is 6.14. The van der Waals surface area contributed by atoms with Crippen LogP contribution >= 0.6 is 0 Å². The van der Waals surface area contributed by atoms with Crippen LogP contribution < -0.4 is 0 Å². The number of hydrogen-bond donors (Lipinski definition) is 1. The normalized spacial score (nSPS) is 27.9. The molecule has 2 aromatic carbocycles. The lowest BCUT2D eigenvalue weighted by Gasteiger charge is -2.41. The molecule has 5 nitrogen and oxygen atoms in total. The largest absolute Gasteiger partial charge is 0.416 e. The van der Waals surface area contributed by atoms with E-state index in [2.05, 4.69) is 0 Å². The Kier molecular flexibility index (Phi) is 7.95. The van der Waals surface area contributed by atoms with Crippen molar-refractivity contribution in [2.24, 2.45) is 11.8 Å². The van der Waals surface area contributed by atoms with Crippen molar-refractivity contribution in [3.05, 3.63) is 82.3 Å². The maximum absolute atomic E-state index is 13.8. The van der Waals surface area contributed by atoms with Crippen molar-refractivity contribution in [2.45, 2.75) is 56.5 Å². The highest BCUT2D eigenvalue weighted by Crippen LogP contribution is 2.50. The van der Waals surface area contributed by atoms with Crippen LogP contribution in [0.1, 0.15) is 54.0 Å². The zero-order valence-electron chi connectivity index (χ0n) is 21.9. The lowest BCUT2D eigenvalue weighted by Crippen LogP contribution is -2.39. The van der Waals surface area contributed by atoms with Gasteiger partial charge in [-0.25, -0.2) is 4.39 Å². The molecule has 41 heavy (non-hydrogen) atoms. The number of fused-ring (bicyclic) bond motifs is 1. The highest BCUT2D eigenvalue weighted by atomic mass is 19.4. The number of aliphatic hydroxyl groups excluding tert-OH is 1. The summed E-state index contributed by atoms with van der Waals surface area (Å²) in [5.74, 6) is -1.73. The predicted molar refractivity (Wildman–Crippen MR) is 132 cm³/mol. The van der Waals surface area contributed by atoms with Crippen LogP contribution in [-0.4, -0.2) is 47.9 Å². The average molecular weight is 588 g/mol. The summed E-state index contributed by atoms with van der Waals surface area (Å²) in [4.78, 5) is 13.6. The molecule has 12 heteroatoms. The number of hydrogen-bond acceptors (Lipinski definition) is 5. The summed E-state index contributed by atoms with van der Waals surface area (Å²) in [5.41, 5.74) is -1.94. The smallest absolute Gasteiger partial charge is 0.373 e. The molecule has 222 valence electrons. The molecule has 0 aromatic heterocycles. The Bertz CT molecular complexity index is 1280. The molecule has 2 heterocycles. The van der Waals surface area contributed by atoms with Gasteiger partial charge in [-0.1, -0.05) is 12.1 Å². The summed E-state index contributed by atoms with van der Waals surface area (Å²) in [5, 5.41) is 11.2. The molecule has 3 aliphatic rings. The van der Waals surface area contributed by atoms with Crippen molar-refractivity contribution >= 4 is 5.78 Å². The number of likely N-dealkylation sites (tertiary alicyclic amines) is 1. The maximum Gasteiger partial charge on any atom is 0.416 e. The second-order valence-corrected chi connectivity index (χ2v) is 10.8. The average Bonchev–Trinajstić information content (AvgIpc) is 3.24. The minimum absolute atomic E-state index is 0.0576. The topological polar surface area (TPSA) is 59.0 Å². The van der Waals surface area contributed by atoms with E-state index >= 15 is 0 Å². The molecule has 5 rings (SSSR count). The molecular formula is C29H28F7NO4. The van der Waals surface area contributed by atoms with Gasteiger partial charge in [0.05, 0.1) is 29.9 Å². The molecular weight excluding hydrogens is 559 g/mol. The molecule has 1 unspecified atom stereocenters. The standard InChI is InChI=1S/C29H28F7NO4/c1-15(17-8-18(28(31,32)33)10-19(9-17)29(34,35)36)41-25-7-6-23-24(26(25)16-2-4-20(30)5-3-16)12-37(27(23)39)21-11-22(38)14-40-13-21/h2-5,8-11,15,23-27,39H,6-7,12-14H2,1H3/t15-,23+,24-,25+,26+,27?/m1/s1. The number of ether oxygens (including phenoxy) is 2. The van der Waals surface area contributed by atoms with Gasteiger partial charge in [0, 0.05) is 30.2 Å². The summed E-state index contributed by atoms with van der Waals surface area (Å²) >= 11 is 0. The fourth-order valence-corrected chi connectivity index (χ4v) is 6.31. The molecule has 1 N–H and O–H groups in total. The monoisotopic (exact) mass is 587 g/mol. The summed E-state index contributed by atoms with van der Waals surface area (Å²) < 4.78 is 106. The first kappa shape index (κ1) is 29.5. The number of carbonyl (C=O) groups excluding carboxylic acids is 1. The SMILES string of the molecule is C[C@@H](O[C@H]1CC[C@@H]2C(O)N(C3=CC(=O)COC3)C[C@H]2[C@@H]1c1ccc(F)cc1)c1cc(C(F)(F)F)cc(C(F)(F)F)c1. The number of carbonyl (C=O) groups is 1. The molecule has 2 aromatic rings. The maximum atomic E-state index is 13.8. The fraction of sp³-hybridized carbons (Fsp3) is 0.483. The number of halogens is 7. The van der Waals surface area contributed by atoms with Gasteiger partial charge in [-0.2, -0.15) is 26.3 Å². The first-order chi connectivity index (χ1) is 19.2. The molecule has 0 amide bonds. The van der Waals surface area contributed by atoms with Crippen LogP contribution in [0.5, 0.6) is 0 Å². The van der Waals surface area contributed by atoms with E-state index in [1.165, 1.54) is 25.1 Å². The second-order valence-electron chi connectivity index (χ2n) is 10.8. The van der Waals surface area contributed by atoms with Crippen molar-refractivity contribution < 1.29 is 50.1 Å². The van der Waals surface area contributed by atoms with Gasteiger partial charge in [0.1, 0.15) is 18.7 Å². The first-order valence-electron chi connectivity index (χ1n) is 13.2. The van der Waals surface area contributed by atoms with Crippen LogP contribution in [0.15, 0.2) is 54.2 Å². The van der Waals surface area contributed by atoms with E-state index < -0.39 is 53.7 Å². The molecule has 0 bridgehead atoms. The van der Waals surface area contributed by atoms with Gasteiger partial charge in [-0.05, 0) is 67.1 Å². The molecule has 6 atom stereocenters. The van der Waals surface area contributed by atoms with Gasteiger partial charge in [0.25, 0.3) is 0 Å². The van der Waals surface area contributed by atoms with E-state index in [0.29, 0.717) is 42.8 Å². The van der Waals surface area contributed by atoms with E-state index in [1.54, 1.807) is 17.0 Å². The summed E-state index contributed by atoms with van der Waals surface area (Å²) in [6.07, 6.45) is -10.5. The zero-order valence-corrected chi connectivity index (χ0v) is 21.9. The van der Waals surface area contributed by atoms with E-state index in [1.807, 2.05) is 0 Å². The van der Waals surface area contributed by atoms with Crippen LogP contribution in [0.4, 0.5) is 30.7 Å². The molecule has 1 saturated carbocycles. The Labute approximate surface area is 231 Å². The van der Waals surface area contributed by atoms with Gasteiger partial charge in [0.15, 0.2) is 5.78 Å². The number of aliphatic hydroxyl groups is 1. The molecule has 2 aliphatic heterocycles. The number of benzene rings is 2. The number of ketones is 1. The van der Waals surface area contributed by atoms with Crippen LogP contribution in [0, 0.1) is 17.7 Å². The Morgan fingerprint density at radius 2 is 1.59 bits per heavy atom. The van der Waals surface area contributed by atoms with Gasteiger partial charge >= 0.3 is 12.4 Å². The van der Waals surface area contributed by atoms with Crippen molar-refractivity contribution in [3.8, 4) is 0 Å². The molecule has 0 spiro atoms. The number of rotatable bonds is 5. The van der Waals surface area contributed by atoms with Crippen LogP contribution in [0.25, 0.3) is 0 Å². The third-order valence-corrected chi connectivity index (χ3v) is 8.21. The zero-order chi connectivity index (χ0) is 29.7. The van der Waals surface area contributed by atoms with Crippen LogP contribution in [0.3, 0.4) is 0 Å². The Hall–Kier alpha value is -2.96. The molecule has 1 saturated heterocycles. The van der Waals surface area contributed by atoms with Crippen molar-refractivity contribution in [2.75, 3.05) is 19.8 Å². The van der Waals surface area contributed by atoms with E-state index in [-0.39, 0.29) is 42.5 Å². The Morgan fingerprint density at radius 1 is 0.951 bits per heavy atom. The fourth-order valence-electron chi connectivity index (χ4n) is 6.31. The predicted octanol–water partition coefficient (Wildman–Crippen LogP) is 6.24. The Morgan fingerprint density at radius 3 is 2.17 bits per heavy atom. The van der Waals surface area contributed by atoms with E-state index in [9.17, 15) is 40.6 Å². The van der Waals surface area contributed by atoms with Crippen molar-refractivity contribution in [1.82, 2.24) is 4.90 Å². The molecule has 2 fully saturated rings. The van der Waals surface area contributed by atoms with E-state index in [4.69, 9.17) is 9.47 Å². The highest BCUT2D eigenvalue weighted by molar-refractivity contribution is 5.92. The summed E-state index contributed by atoms with van der Waals surface area (Å²) in [6, 6.07) is 7.06.